The molecule has 0 saturated heterocycles. The first-order chi connectivity index (χ1) is 6.27. The lowest BCUT2D eigenvalue weighted by Crippen LogP contribution is -1.78. The van der Waals surface area contributed by atoms with Crippen molar-refractivity contribution < 1.29 is 5.11 Å². The van der Waals surface area contributed by atoms with E-state index in [0.29, 0.717) is 5.75 Å². The summed E-state index contributed by atoms with van der Waals surface area (Å²) in [6.07, 6.45) is 1.76. The predicted molar refractivity (Wildman–Crippen MR) is 54.0 cm³/mol. The first kappa shape index (κ1) is 8.26. The zero-order chi connectivity index (χ0) is 9.26. The molecule has 0 fully saturated rings. The van der Waals surface area contributed by atoms with E-state index in [-0.39, 0.29) is 0 Å². The molecule has 0 radical (unpaired) electrons. The summed E-state index contributed by atoms with van der Waals surface area (Å²) in [6, 6.07) is 5.61. The van der Waals surface area contributed by atoms with Crippen LogP contribution in [0.25, 0.3) is 10.6 Å². The van der Waals surface area contributed by atoms with Crippen molar-refractivity contribution in [2.45, 2.75) is 6.92 Å². The second-order valence-electron chi connectivity index (χ2n) is 2.84. The Bertz CT molecular complexity index is 409. The van der Waals surface area contributed by atoms with E-state index in [2.05, 4.69) is 4.98 Å². The van der Waals surface area contributed by atoms with Gasteiger partial charge < -0.3 is 5.11 Å². The summed E-state index contributed by atoms with van der Waals surface area (Å²) < 4.78 is 0. The van der Waals surface area contributed by atoms with Gasteiger partial charge in [-0.2, -0.15) is 0 Å². The smallest absolute Gasteiger partial charge is 0.123 e. The summed E-state index contributed by atoms with van der Waals surface area (Å²) in [5, 5.41) is 12.3. The zero-order valence-corrected chi connectivity index (χ0v) is 8.01. The first-order valence-electron chi connectivity index (χ1n) is 3.97. The van der Waals surface area contributed by atoms with Gasteiger partial charge in [-0.3, -0.25) is 0 Å². The van der Waals surface area contributed by atoms with Crippen molar-refractivity contribution in [3.05, 3.63) is 35.3 Å². The maximum absolute atomic E-state index is 9.48. The maximum atomic E-state index is 9.48. The van der Waals surface area contributed by atoms with Gasteiger partial charge in [0, 0.05) is 17.1 Å². The van der Waals surface area contributed by atoms with Gasteiger partial charge in [-0.25, -0.2) is 4.98 Å². The standard InChI is InChI=1S/C10H9NOS/c1-7-2-3-8(6-9(7)12)10-11-4-5-13-10/h2-6,12H,1H3. The number of nitrogens with zero attached hydrogens (tertiary/aromatic N) is 1. The number of aryl methyl sites for hydroxylation is 1. The van der Waals surface area contributed by atoms with Gasteiger partial charge in [-0.1, -0.05) is 12.1 Å². The second kappa shape index (κ2) is 3.18. The molecule has 0 spiro atoms. The summed E-state index contributed by atoms with van der Waals surface area (Å²) in [4.78, 5) is 4.16. The Balaban J connectivity index is 2.49. The summed E-state index contributed by atoms with van der Waals surface area (Å²) in [7, 11) is 0. The third-order valence-electron chi connectivity index (χ3n) is 1.89. The molecule has 1 heterocycles. The van der Waals surface area contributed by atoms with Crippen molar-refractivity contribution in [3.63, 3.8) is 0 Å². The van der Waals surface area contributed by atoms with Gasteiger partial charge in [-0.05, 0) is 18.6 Å². The van der Waals surface area contributed by atoms with Crippen molar-refractivity contribution in [2.24, 2.45) is 0 Å². The van der Waals surface area contributed by atoms with Crippen molar-refractivity contribution in [3.8, 4) is 16.3 Å². The first-order valence-corrected chi connectivity index (χ1v) is 4.85. The molecule has 0 aliphatic rings. The minimum atomic E-state index is 0.327. The number of aromatic hydroxyl groups is 1. The highest BCUT2D eigenvalue weighted by Crippen LogP contribution is 2.26. The number of hydrogen-bond acceptors (Lipinski definition) is 3. The maximum Gasteiger partial charge on any atom is 0.123 e. The van der Waals surface area contributed by atoms with Gasteiger partial charge in [0.2, 0.25) is 0 Å². The van der Waals surface area contributed by atoms with Crippen molar-refractivity contribution in [1.82, 2.24) is 4.98 Å². The molecule has 3 heteroatoms. The van der Waals surface area contributed by atoms with Gasteiger partial charge in [0.1, 0.15) is 10.8 Å². The van der Waals surface area contributed by atoms with Crippen LogP contribution in [0.15, 0.2) is 29.8 Å². The van der Waals surface area contributed by atoms with E-state index < -0.39 is 0 Å². The van der Waals surface area contributed by atoms with Crippen LogP contribution in [-0.4, -0.2) is 10.1 Å². The van der Waals surface area contributed by atoms with Gasteiger partial charge >= 0.3 is 0 Å². The number of phenolic OH excluding ortho intramolecular Hbond substituents is 1. The molecule has 0 aliphatic carbocycles. The molecule has 0 aliphatic heterocycles. The molecule has 0 saturated carbocycles. The van der Waals surface area contributed by atoms with Gasteiger partial charge in [0.25, 0.3) is 0 Å². The van der Waals surface area contributed by atoms with Crippen LogP contribution < -0.4 is 0 Å². The third-order valence-corrected chi connectivity index (χ3v) is 2.71. The van der Waals surface area contributed by atoms with E-state index in [0.717, 1.165) is 16.1 Å². The molecule has 1 aromatic heterocycles. The topological polar surface area (TPSA) is 33.1 Å². The fraction of sp³-hybridized carbons (Fsp3) is 0.100. The molecular formula is C10H9NOS. The monoisotopic (exact) mass is 191 g/mol. The highest BCUT2D eigenvalue weighted by atomic mass is 32.1. The average Bonchev–Trinajstić information content (AvgIpc) is 2.62. The highest BCUT2D eigenvalue weighted by Gasteiger charge is 2.02. The van der Waals surface area contributed by atoms with Crippen LogP contribution in [0.1, 0.15) is 5.56 Å². The largest absolute Gasteiger partial charge is 0.508 e. The van der Waals surface area contributed by atoms with Gasteiger partial charge in [0.05, 0.1) is 0 Å². The molecule has 13 heavy (non-hydrogen) atoms. The van der Waals surface area contributed by atoms with E-state index in [1.54, 1.807) is 23.6 Å². The van der Waals surface area contributed by atoms with Crippen LogP contribution in [-0.2, 0) is 0 Å². The Morgan fingerprint density at radius 2 is 2.23 bits per heavy atom. The fourth-order valence-electron chi connectivity index (χ4n) is 1.11. The molecule has 2 aromatic rings. The zero-order valence-electron chi connectivity index (χ0n) is 7.19. The molecule has 66 valence electrons. The minimum absolute atomic E-state index is 0.327. The number of rotatable bonds is 1. The Morgan fingerprint density at radius 3 is 2.85 bits per heavy atom. The van der Waals surface area contributed by atoms with Crippen LogP contribution in [0.4, 0.5) is 0 Å². The summed E-state index contributed by atoms with van der Waals surface area (Å²) >= 11 is 1.57. The number of aromatic nitrogens is 1. The second-order valence-corrected chi connectivity index (χ2v) is 3.73. The molecule has 1 N–H and O–H groups in total. The molecule has 0 atom stereocenters. The van der Waals surface area contributed by atoms with Crippen LogP contribution in [0, 0.1) is 6.92 Å². The Kier molecular flexibility index (Phi) is 2.02. The van der Waals surface area contributed by atoms with Crippen LogP contribution >= 0.6 is 11.3 Å². The van der Waals surface area contributed by atoms with Crippen LogP contribution in [0.5, 0.6) is 5.75 Å². The summed E-state index contributed by atoms with van der Waals surface area (Å²) in [5.74, 6) is 0.327. The van der Waals surface area contributed by atoms with Crippen LogP contribution in [0.3, 0.4) is 0 Å². The van der Waals surface area contributed by atoms with Crippen LogP contribution in [0.2, 0.25) is 0 Å². The lowest BCUT2D eigenvalue weighted by molar-refractivity contribution is 0.471. The molecule has 2 rings (SSSR count). The summed E-state index contributed by atoms with van der Waals surface area (Å²) in [6.45, 7) is 1.88. The molecule has 1 aromatic carbocycles. The molecule has 0 amide bonds. The van der Waals surface area contributed by atoms with E-state index in [1.165, 1.54) is 0 Å². The van der Waals surface area contributed by atoms with E-state index >= 15 is 0 Å². The van der Waals surface area contributed by atoms with E-state index in [1.807, 2.05) is 24.4 Å². The van der Waals surface area contributed by atoms with E-state index in [9.17, 15) is 5.11 Å². The fourth-order valence-corrected chi connectivity index (χ4v) is 1.74. The van der Waals surface area contributed by atoms with Crippen molar-refractivity contribution >= 4 is 11.3 Å². The molecular weight excluding hydrogens is 182 g/mol. The minimum Gasteiger partial charge on any atom is -0.508 e. The molecule has 0 bridgehead atoms. The third kappa shape index (κ3) is 1.55. The normalized spacial score (nSPS) is 10.2. The quantitative estimate of drug-likeness (QED) is 0.751. The highest BCUT2D eigenvalue weighted by molar-refractivity contribution is 7.13. The Hall–Kier alpha value is -1.35. The molecule has 2 nitrogen and oxygen atoms in total. The lowest BCUT2D eigenvalue weighted by Gasteiger charge is -2.00. The summed E-state index contributed by atoms with van der Waals surface area (Å²) in [5.41, 5.74) is 1.86. The van der Waals surface area contributed by atoms with E-state index in [4.69, 9.17) is 0 Å². The number of benzene rings is 1. The van der Waals surface area contributed by atoms with Gasteiger partial charge in [-0.15, -0.1) is 11.3 Å². The number of phenols is 1. The van der Waals surface area contributed by atoms with Crippen molar-refractivity contribution in [2.75, 3.05) is 0 Å². The van der Waals surface area contributed by atoms with Gasteiger partial charge in [0.15, 0.2) is 0 Å². The lowest BCUT2D eigenvalue weighted by atomic mass is 10.1. The van der Waals surface area contributed by atoms with Crippen molar-refractivity contribution in [1.29, 1.82) is 0 Å². The Labute approximate surface area is 80.5 Å². The number of hydrogen-bond donors (Lipinski definition) is 1. The predicted octanol–water partition coefficient (Wildman–Crippen LogP) is 2.82. The number of thiazole rings is 1. The SMILES string of the molecule is Cc1ccc(-c2nccs2)cc1O. The Morgan fingerprint density at radius 1 is 1.38 bits per heavy atom. The molecule has 0 unspecified atom stereocenters. The average molecular weight is 191 g/mol.